The smallest absolute Gasteiger partial charge is 0.250 e. The number of sulfone groups is 1. The number of benzene rings is 1. The molecule has 90 valence electrons. The fourth-order valence-electron chi connectivity index (χ4n) is 0.924. The Balaban J connectivity index is 2.91. The highest BCUT2D eigenvalue weighted by Crippen LogP contribution is 2.13. The van der Waals surface area contributed by atoms with E-state index in [9.17, 15) is 16.8 Å². The van der Waals surface area contributed by atoms with Crippen molar-refractivity contribution in [2.75, 3.05) is 12.2 Å². The fraction of sp³-hybridized carbons (Fsp3) is 0.333. The summed E-state index contributed by atoms with van der Waals surface area (Å²) in [6.45, 7) is 1.81. The van der Waals surface area contributed by atoms with E-state index in [1.165, 1.54) is 12.1 Å². The second-order valence-electron chi connectivity index (χ2n) is 3.43. The lowest BCUT2D eigenvalue weighted by molar-refractivity contribution is 0.369. The maximum Gasteiger partial charge on any atom is 0.297 e. The van der Waals surface area contributed by atoms with E-state index in [2.05, 4.69) is 4.18 Å². The van der Waals surface area contributed by atoms with Crippen LogP contribution >= 0.6 is 0 Å². The van der Waals surface area contributed by atoms with Gasteiger partial charge in [-0.3, -0.25) is 4.18 Å². The van der Waals surface area contributed by atoms with Crippen LogP contribution in [0, 0.1) is 6.92 Å². The highest BCUT2D eigenvalue weighted by Gasteiger charge is 2.17. The van der Waals surface area contributed by atoms with Gasteiger partial charge < -0.3 is 0 Å². The highest BCUT2D eigenvalue weighted by atomic mass is 32.2. The molecule has 0 amide bonds. The van der Waals surface area contributed by atoms with E-state index in [4.69, 9.17) is 0 Å². The summed E-state index contributed by atoms with van der Waals surface area (Å²) in [6.07, 6.45) is 0.900. The molecule has 0 aromatic heterocycles. The summed E-state index contributed by atoms with van der Waals surface area (Å²) in [5, 5.41) is 0. The van der Waals surface area contributed by atoms with Gasteiger partial charge in [0.05, 0.1) is 4.90 Å². The fourth-order valence-corrected chi connectivity index (χ4v) is 2.74. The molecule has 0 atom stereocenters. The minimum atomic E-state index is -3.99. The molecule has 0 saturated heterocycles. The van der Waals surface area contributed by atoms with Crippen LogP contribution < -0.4 is 0 Å². The summed E-state index contributed by atoms with van der Waals surface area (Å²) >= 11 is 0. The molecule has 0 aliphatic rings. The van der Waals surface area contributed by atoms with Crippen molar-refractivity contribution in [3.63, 3.8) is 0 Å². The van der Waals surface area contributed by atoms with Gasteiger partial charge in [-0.15, -0.1) is 0 Å². The van der Waals surface area contributed by atoms with Crippen LogP contribution in [-0.2, 0) is 24.1 Å². The second kappa shape index (κ2) is 4.52. The molecule has 7 heteroatoms. The highest BCUT2D eigenvalue weighted by molar-refractivity contribution is 7.92. The molecule has 5 nitrogen and oxygen atoms in total. The van der Waals surface area contributed by atoms with Crippen LogP contribution in [0.4, 0.5) is 0 Å². The zero-order valence-electron chi connectivity index (χ0n) is 8.87. The minimum Gasteiger partial charge on any atom is -0.250 e. The first-order chi connectivity index (χ1) is 7.21. The number of hydrogen-bond donors (Lipinski definition) is 0. The van der Waals surface area contributed by atoms with Crippen molar-refractivity contribution in [3.8, 4) is 0 Å². The molecule has 0 saturated carbocycles. The van der Waals surface area contributed by atoms with Crippen molar-refractivity contribution in [2.24, 2.45) is 0 Å². The van der Waals surface area contributed by atoms with Crippen molar-refractivity contribution in [1.29, 1.82) is 0 Å². The molecule has 1 rings (SSSR count). The molecule has 0 bridgehead atoms. The predicted molar refractivity (Wildman–Crippen MR) is 59.2 cm³/mol. The monoisotopic (exact) mass is 264 g/mol. The Hall–Kier alpha value is -0.920. The molecule has 0 aliphatic heterocycles. The Kier molecular flexibility index (Phi) is 3.72. The zero-order chi connectivity index (χ0) is 12.4. The van der Waals surface area contributed by atoms with Gasteiger partial charge in [-0.25, -0.2) is 8.42 Å². The SMILES string of the molecule is Cc1ccc(S(=O)(=O)OCS(C)(=O)=O)cc1. The second-order valence-corrected chi connectivity index (χ2v) is 7.13. The lowest BCUT2D eigenvalue weighted by Crippen LogP contribution is -2.13. The molecule has 1 aromatic rings. The predicted octanol–water partition coefficient (Wildman–Crippen LogP) is 0.702. The van der Waals surface area contributed by atoms with E-state index in [0.717, 1.165) is 11.8 Å². The summed E-state index contributed by atoms with van der Waals surface area (Å²) in [6, 6.07) is 5.95. The molecule has 1 aromatic carbocycles. The van der Waals surface area contributed by atoms with E-state index in [1.54, 1.807) is 12.1 Å². The first-order valence-electron chi connectivity index (χ1n) is 4.34. The Labute approximate surface area is 95.1 Å². The quantitative estimate of drug-likeness (QED) is 0.748. The van der Waals surface area contributed by atoms with Gasteiger partial charge in [-0.2, -0.15) is 8.42 Å². The minimum absolute atomic E-state index is 0.0539. The van der Waals surface area contributed by atoms with Crippen LogP contribution in [0.3, 0.4) is 0 Å². The zero-order valence-corrected chi connectivity index (χ0v) is 10.5. The molecule has 0 unspecified atom stereocenters. The van der Waals surface area contributed by atoms with Gasteiger partial charge in [0.1, 0.15) is 0 Å². The standard InChI is InChI=1S/C9H12O5S2/c1-8-3-5-9(6-4-8)16(12,13)14-7-15(2,10)11/h3-6H,7H2,1-2H3. The Morgan fingerprint density at radius 3 is 2.00 bits per heavy atom. The maximum atomic E-state index is 11.5. The average molecular weight is 264 g/mol. The average Bonchev–Trinajstić information content (AvgIpc) is 2.15. The lowest BCUT2D eigenvalue weighted by atomic mass is 10.2. The van der Waals surface area contributed by atoms with E-state index in [-0.39, 0.29) is 4.90 Å². The third-order valence-electron chi connectivity index (χ3n) is 1.73. The van der Waals surface area contributed by atoms with Crippen molar-refractivity contribution in [3.05, 3.63) is 29.8 Å². The van der Waals surface area contributed by atoms with Gasteiger partial charge in [0.2, 0.25) is 0 Å². The van der Waals surface area contributed by atoms with Gasteiger partial charge in [0.25, 0.3) is 10.1 Å². The van der Waals surface area contributed by atoms with Gasteiger partial charge >= 0.3 is 0 Å². The van der Waals surface area contributed by atoms with E-state index >= 15 is 0 Å². The number of rotatable bonds is 4. The molecule has 16 heavy (non-hydrogen) atoms. The third-order valence-corrected chi connectivity index (χ3v) is 3.70. The van der Waals surface area contributed by atoms with Gasteiger partial charge in [0.15, 0.2) is 15.8 Å². The van der Waals surface area contributed by atoms with Crippen LogP contribution in [0.25, 0.3) is 0 Å². The Morgan fingerprint density at radius 1 is 1.06 bits per heavy atom. The van der Waals surface area contributed by atoms with Crippen molar-refractivity contribution < 1.29 is 21.0 Å². The first-order valence-corrected chi connectivity index (χ1v) is 7.81. The number of hydrogen-bond acceptors (Lipinski definition) is 5. The van der Waals surface area contributed by atoms with Gasteiger partial charge in [0, 0.05) is 6.26 Å². The van der Waals surface area contributed by atoms with Crippen LogP contribution in [0.1, 0.15) is 5.56 Å². The molecule has 0 spiro atoms. The summed E-state index contributed by atoms with van der Waals surface area (Å²) in [5.41, 5.74) is 0.905. The molecule has 0 radical (unpaired) electrons. The van der Waals surface area contributed by atoms with E-state index in [0.29, 0.717) is 0 Å². The normalized spacial score (nSPS) is 12.6. The van der Waals surface area contributed by atoms with Gasteiger partial charge in [-0.05, 0) is 19.1 Å². The van der Waals surface area contributed by atoms with Crippen molar-refractivity contribution in [2.45, 2.75) is 11.8 Å². The lowest BCUT2D eigenvalue weighted by Gasteiger charge is -2.04. The Morgan fingerprint density at radius 2 is 1.56 bits per heavy atom. The first kappa shape index (κ1) is 13.1. The molecule has 0 heterocycles. The van der Waals surface area contributed by atoms with Crippen LogP contribution in [0.15, 0.2) is 29.2 Å². The van der Waals surface area contributed by atoms with Crippen LogP contribution in [-0.4, -0.2) is 29.0 Å². The summed E-state index contributed by atoms with van der Waals surface area (Å²) in [5.74, 6) is -0.844. The summed E-state index contributed by atoms with van der Waals surface area (Å²) < 4.78 is 49.0. The Bertz CT molecular complexity index is 554. The molecule has 0 fully saturated rings. The molecular weight excluding hydrogens is 252 g/mol. The number of aryl methyl sites for hydroxylation is 1. The van der Waals surface area contributed by atoms with E-state index < -0.39 is 25.9 Å². The largest absolute Gasteiger partial charge is 0.297 e. The topological polar surface area (TPSA) is 77.5 Å². The summed E-state index contributed by atoms with van der Waals surface area (Å²) in [4.78, 5) is -0.0539. The van der Waals surface area contributed by atoms with Crippen LogP contribution in [0.5, 0.6) is 0 Å². The van der Waals surface area contributed by atoms with Crippen molar-refractivity contribution in [1.82, 2.24) is 0 Å². The molecule has 0 N–H and O–H groups in total. The summed E-state index contributed by atoms with van der Waals surface area (Å²) in [7, 11) is -7.46. The molecular formula is C9H12O5S2. The van der Waals surface area contributed by atoms with Crippen LogP contribution in [0.2, 0.25) is 0 Å². The maximum absolute atomic E-state index is 11.5. The molecule has 0 aliphatic carbocycles. The third kappa shape index (κ3) is 3.92. The van der Waals surface area contributed by atoms with Crippen molar-refractivity contribution >= 4 is 20.0 Å². The van der Waals surface area contributed by atoms with Gasteiger partial charge in [-0.1, -0.05) is 17.7 Å². The van der Waals surface area contributed by atoms with E-state index in [1.807, 2.05) is 6.92 Å².